The first kappa shape index (κ1) is 96.7. The molecular weight excluding hydrogens is 1980 g/mol. The fraction of sp³-hybridized carbons (Fsp3) is 0.257. The summed E-state index contributed by atoms with van der Waals surface area (Å²) in [5.41, 5.74) is 8.28. The number of hydrogen-bond acceptors (Lipinski definition) is 23. The predicted octanol–water partition coefficient (Wildman–Crippen LogP) is 22.4. The van der Waals surface area contributed by atoms with Crippen molar-refractivity contribution in [1.29, 1.82) is 5.26 Å². The number of rotatable bonds is 22. The zero-order valence-electron chi connectivity index (χ0n) is 79.3. The highest BCUT2D eigenvalue weighted by molar-refractivity contribution is 6.38. The average molecular weight is 2080 g/mol. The maximum Gasteiger partial charge on any atom is 0.260 e. The van der Waals surface area contributed by atoms with Crippen LogP contribution < -0.4 is 59.7 Å². The van der Waals surface area contributed by atoms with Crippen LogP contribution in [0.1, 0.15) is 221 Å². The Balaban J connectivity index is 0.000000107. The Morgan fingerprint density at radius 3 is 0.897 bits per heavy atom. The van der Waals surface area contributed by atoms with Crippen molar-refractivity contribution in [2.75, 3.05) is 33.6 Å². The average Bonchev–Trinajstić information content (AvgIpc) is 1.74. The minimum atomic E-state index is -0.421. The van der Waals surface area contributed by atoms with Gasteiger partial charge < -0.3 is 79.7 Å². The second-order valence-corrected chi connectivity index (χ2v) is 39.5. The van der Waals surface area contributed by atoms with E-state index in [4.69, 9.17) is 69.6 Å². The molecule has 15 aromatic heterocycles. The first-order chi connectivity index (χ1) is 70.6. The first-order valence-corrected chi connectivity index (χ1v) is 49.9. The number of hydrogen-bond donors (Lipinski definition) is 11. The van der Waals surface area contributed by atoms with Crippen molar-refractivity contribution >= 4 is 219 Å². The molecule has 15 heterocycles. The summed E-state index contributed by atoms with van der Waals surface area (Å²) in [6, 6.07) is 39.5. The van der Waals surface area contributed by atoms with Crippen molar-refractivity contribution in [1.82, 2.24) is 103 Å². The van der Waals surface area contributed by atoms with Crippen molar-refractivity contribution in [3.8, 4) is 6.07 Å². The lowest BCUT2D eigenvalue weighted by Gasteiger charge is -2.21. The summed E-state index contributed by atoms with van der Waals surface area (Å²) in [5.74, 6) is 1.94. The Kier molecular flexibility index (Phi) is 26.2. The van der Waals surface area contributed by atoms with Crippen LogP contribution in [0, 0.1) is 17.1 Å². The van der Waals surface area contributed by atoms with Gasteiger partial charge in [-0.3, -0.25) is 33.6 Å². The molecule has 0 saturated heterocycles. The fourth-order valence-electron chi connectivity index (χ4n) is 19.3. The van der Waals surface area contributed by atoms with Crippen molar-refractivity contribution in [3.63, 3.8) is 0 Å². The fourth-order valence-corrected chi connectivity index (χ4v) is 20.9. The second kappa shape index (κ2) is 39.6. The highest BCUT2D eigenvalue weighted by Gasteiger charge is 2.37. The molecule has 0 bridgehead atoms. The molecular formula is C105H92Cl6FN27O7. The number of nitrogens with one attached hydrogen (secondary N) is 11. The third kappa shape index (κ3) is 18.5. The Morgan fingerprint density at radius 1 is 0.342 bits per heavy atom. The lowest BCUT2D eigenvalue weighted by Crippen LogP contribution is -2.26. The molecule has 0 spiro atoms. The van der Waals surface area contributed by atoms with Gasteiger partial charge in [0.25, 0.3) is 33.7 Å². The van der Waals surface area contributed by atoms with Crippen LogP contribution in [0.25, 0.3) is 109 Å². The standard InChI is InChI=1S/C22H21ClN6O2.C22H20ClN5O2.C21H17ClN6O.C20H17Cl2N5O.C20H17ClFN5O/c1-11(28-20-18-14(21(30)24-2)9-25-19(18)26-10-27-20)16-8-12-4-3-5-15(23)17(12)22(31)29(16)13-6-7-13;1-11(27-21-19-15(12(2)29)9-24-20(19)25-10-26-21)17-8-13-4-3-5-16(23)18(13)22(30)28(17)14-6-7-14;1-11(27-20-18-13(8-23)9-24-19(18)25-10-26-20)16-7-12-3-2-4-15(22)17(12)21(29)28(16)14-5-6-14;2*1-10(26-19-17-14(22)8-23-18(17)24-9-25-19)15-7-11-3-2-4-13(21)16(11)20(28)27(15)12-5-6-12/h3-5,8-11,13H,6-7H2,1-2H3,(H,24,30)(H2,25,26,27,28);3-5,8-11,14H,6-7H2,1-2H3,(H2,24,25,26,27);2-4,7,9-11,14H,5-6H2,1H3,(H2,24,25,26,27);2*2-4,7-10,12H,5-6H2,1H3,(H2,23,24,25,26)/t3*11-;2*10-/m00000/s1. The minimum Gasteiger partial charge on any atom is -0.361 e. The van der Waals surface area contributed by atoms with Gasteiger partial charge in [-0.2, -0.15) is 5.26 Å². The summed E-state index contributed by atoms with van der Waals surface area (Å²) in [6.45, 7) is 11.4. The van der Waals surface area contributed by atoms with E-state index in [0.717, 1.165) is 125 Å². The number of ketones is 1. The molecule has 0 unspecified atom stereocenters. The molecule has 25 rings (SSSR count). The first-order valence-electron chi connectivity index (χ1n) is 47.7. The monoisotopic (exact) mass is 2070 g/mol. The number of nitriles is 1. The molecule has 738 valence electrons. The van der Waals surface area contributed by atoms with Gasteiger partial charge >= 0.3 is 0 Å². The normalized spacial score (nSPS) is 15.0. The SMILES string of the molecule is CC(=O)c1c[nH]c2ncnc(N[C@@H](C)c3cc4cccc(Cl)c4c(=O)n3C3CC3)c12.CNC(=O)c1c[nH]c2ncnc(N[C@@H](C)c3cc4cccc(Cl)c4c(=O)n3C3CC3)c12.C[C@H](Nc1ncnc2[nH]cc(C#N)c12)c1cc2cccc(Cl)c2c(=O)n1C1CC1.C[C@H](Nc1ncnc2[nH]cc(Cl)c12)c1cc2cccc(Cl)c2c(=O)n1C1CC1.C[C@H](Nc1ncnc2[nH]cc(F)c12)c1cc2cccc(Cl)c2c(=O)n1C1CC1. The molecule has 11 N–H and O–H groups in total. The van der Waals surface area contributed by atoms with E-state index >= 15 is 0 Å². The van der Waals surface area contributed by atoms with Gasteiger partial charge in [-0.05, 0) is 193 Å². The number of Topliss-reactive ketones (excluding diaryl/α,β-unsaturated/α-hetero) is 1. The summed E-state index contributed by atoms with van der Waals surface area (Å²) in [4.78, 5) is 148. The van der Waals surface area contributed by atoms with Gasteiger partial charge in [-0.15, -0.1) is 0 Å². The number of benzene rings is 5. The lowest BCUT2D eigenvalue weighted by molar-refractivity contribution is 0.0963. The maximum absolute atomic E-state index is 14.2. The highest BCUT2D eigenvalue weighted by atomic mass is 35.5. The molecule has 20 aromatic rings. The van der Waals surface area contributed by atoms with Crippen LogP contribution in [0.5, 0.6) is 0 Å². The number of H-pyrrole nitrogens is 5. The molecule has 5 aliphatic carbocycles. The number of aromatic nitrogens is 20. The van der Waals surface area contributed by atoms with E-state index in [1.165, 1.54) is 44.8 Å². The van der Waals surface area contributed by atoms with E-state index < -0.39 is 5.82 Å². The summed E-state index contributed by atoms with van der Waals surface area (Å²) >= 11 is 37.9. The predicted molar refractivity (Wildman–Crippen MR) is 570 cm³/mol. The van der Waals surface area contributed by atoms with Crippen LogP contribution in [0.2, 0.25) is 30.1 Å². The molecule has 0 radical (unpaired) electrons. The topological polar surface area (TPSA) is 448 Å². The van der Waals surface area contributed by atoms with E-state index in [2.05, 4.69) is 113 Å². The third-order valence-electron chi connectivity index (χ3n) is 27.1. The van der Waals surface area contributed by atoms with E-state index in [9.17, 15) is 43.2 Å². The zero-order chi connectivity index (χ0) is 102. The number of nitrogens with zero attached hydrogens (tertiary/aromatic N) is 16. The van der Waals surface area contributed by atoms with E-state index in [-0.39, 0.29) is 99.9 Å². The number of anilines is 5. The van der Waals surface area contributed by atoms with Gasteiger partial charge in [0, 0.05) is 102 Å². The summed E-state index contributed by atoms with van der Waals surface area (Å²) in [7, 11) is 1.58. The second-order valence-electron chi connectivity index (χ2n) is 37.1. The number of carbonyl (C=O) groups excluding carboxylic acids is 2. The number of fused-ring (bicyclic) bond motifs is 10. The molecule has 5 atom stereocenters. The molecule has 5 fully saturated rings. The molecule has 5 aliphatic rings. The van der Waals surface area contributed by atoms with E-state index in [1.807, 2.05) is 148 Å². The molecule has 41 heteroatoms. The number of halogens is 7. The summed E-state index contributed by atoms with van der Waals surface area (Å²) < 4.78 is 23.4. The van der Waals surface area contributed by atoms with Crippen LogP contribution in [-0.2, 0) is 0 Å². The van der Waals surface area contributed by atoms with Crippen molar-refractivity contribution in [2.45, 2.75) is 166 Å². The smallest absolute Gasteiger partial charge is 0.260 e. The quantitative estimate of drug-likeness (QED) is 0.0281. The molecule has 0 aliphatic heterocycles. The molecule has 5 saturated carbocycles. The Bertz CT molecular complexity index is 8880. The van der Waals surface area contributed by atoms with Crippen molar-refractivity contribution in [2.24, 2.45) is 0 Å². The number of carbonyl (C=O) groups is 2. The van der Waals surface area contributed by atoms with Crippen LogP contribution in [0.15, 0.2) is 208 Å². The Hall–Kier alpha value is -15.5. The van der Waals surface area contributed by atoms with Gasteiger partial charge in [0.1, 0.15) is 95.0 Å². The van der Waals surface area contributed by atoms with Gasteiger partial charge in [0.05, 0.1) is 125 Å². The van der Waals surface area contributed by atoms with Crippen LogP contribution >= 0.6 is 69.6 Å². The third-order valence-corrected chi connectivity index (χ3v) is 28.9. The zero-order valence-corrected chi connectivity index (χ0v) is 83.9. The number of aromatic amines is 5. The Morgan fingerprint density at radius 2 is 0.596 bits per heavy atom. The maximum atomic E-state index is 14.2. The van der Waals surface area contributed by atoms with Crippen LogP contribution in [0.4, 0.5) is 33.5 Å². The van der Waals surface area contributed by atoms with Gasteiger partial charge in [-0.1, -0.05) is 130 Å². The van der Waals surface area contributed by atoms with Gasteiger partial charge in [0.15, 0.2) is 11.6 Å². The van der Waals surface area contributed by atoms with Crippen molar-refractivity contribution in [3.05, 3.63) is 317 Å². The molecule has 146 heavy (non-hydrogen) atoms. The van der Waals surface area contributed by atoms with Crippen LogP contribution in [-0.4, -0.2) is 116 Å². The van der Waals surface area contributed by atoms with E-state index in [1.54, 1.807) is 62.2 Å². The van der Waals surface area contributed by atoms with Crippen molar-refractivity contribution < 1.29 is 14.0 Å². The summed E-state index contributed by atoms with van der Waals surface area (Å²) in [5, 5.41) is 41.5. The number of pyridine rings is 5. The molecule has 5 aromatic carbocycles. The number of amides is 1. The van der Waals surface area contributed by atoms with E-state index in [0.29, 0.717) is 153 Å². The minimum absolute atomic E-state index is 0.0400. The van der Waals surface area contributed by atoms with Gasteiger partial charge in [-0.25, -0.2) is 54.2 Å². The molecule has 1 amide bonds. The largest absolute Gasteiger partial charge is 0.361 e. The molecule has 34 nitrogen and oxygen atoms in total. The highest BCUT2D eigenvalue weighted by Crippen LogP contribution is 2.46. The lowest BCUT2D eigenvalue weighted by atomic mass is 10.1. The van der Waals surface area contributed by atoms with Gasteiger partial charge in [0.2, 0.25) is 0 Å². The van der Waals surface area contributed by atoms with Crippen LogP contribution in [0.3, 0.4) is 0 Å². The Labute approximate surface area is 858 Å². The summed E-state index contributed by atoms with van der Waals surface area (Å²) in [6.07, 6.45) is 24.8.